The van der Waals surface area contributed by atoms with Crippen LogP contribution in [0.15, 0.2) is 59.4 Å². The zero-order valence-electron chi connectivity index (χ0n) is 28.1. The first-order valence-corrected chi connectivity index (χ1v) is 18.7. The molecule has 4 amide bonds. The van der Waals surface area contributed by atoms with E-state index < -0.39 is 68.5 Å². The lowest BCUT2D eigenvalue weighted by Crippen LogP contribution is -2.58. The maximum Gasteiger partial charge on any atom is 0.259 e. The molecule has 0 bridgehead atoms. The Morgan fingerprint density at radius 3 is 2.61 bits per heavy atom. The first kappa shape index (κ1) is 34.4. The summed E-state index contributed by atoms with van der Waals surface area (Å²) in [5.41, 5.74) is -0.554. The van der Waals surface area contributed by atoms with Gasteiger partial charge in [0, 0.05) is 24.4 Å². The van der Waals surface area contributed by atoms with Crippen LogP contribution < -0.4 is 20.1 Å². The number of carbonyl (C=O) groups excluding carboxylic acids is 4. The van der Waals surface area contributed by atoms with E-state index in [1.165, 1.54) is 28.3 Å². The minimum absolute atomic E-state index is 0.0198. The Morgan fingerprint density at radius 1 is 1.08 bits per heavy atom. The van der Waals surface area contributed by atoms with Gasteiger partial charge in [0.1, 0.15) is 29.6 Å². The molecule has 0 radical (unpaired) electrons. The zero-order valence-corrected chi connectivity index (χ0v) is 28.9. The van der Waals surface area contributed by atoms with E-state index in [1.807, 2.05) is 12.2 Å². The number of furan rings is 1. The minimum Gasteiger partial charge on any atom is -0.497 e. The molecule has 3 fully saturated rings. The highest BCUT2D eigenvalue weighted by Gasteiger charge is 2.62. The number of carbonyl (C=O) groups is 4. The number of hydrogen-bond donors (Lipinski definition) is 3. The first-order chi connectivity index (χ1) is 24.6. The molecule has 2 aliphatic heterocycles. The van der Waals surface area contributed by atoms with Gasteiger partial charge in [-0.2, -0.15) is 4.80 Å². The lowest BCUT2D eigenvalue weighted by atomic mass is 10.0. The molecule has 2 aromatic heterocycles. The van der Waals surface area contributed by atoms with Crippen molar-refractivity contribution in [1.82, 2.24) is 40.5 Å². The Labute approximate surface area is 294 Å². The molecule has 4 heterocycles. The molecule has 3 aromatic rings. The highest BCUT2D eigenvalue weighted by molar-refractivity contribution is 7.91. The quantitative estimate of drug-likeness (QED) is 0.286. The van der Waals surface area contributed by atoms with E-state index in [1.54, 1.807) is 31.4 Å². The Bertz CT molecular complexity index is 1920. The molecule has 0 unspecified atom stereocenters. The van der Waals surface area contributed by atoms with Crippen LogP contribution in [-0.2, 0) is 24.4 Å². The summed E-state index contributed by atoms with van der Waals surface area (Å²) in [5, 5.41) is 18.1. The SMILES string of the molecule is COc1ccc(-c2nnn([C@@H]3C[C@H]4C(=O)N[C@]5(C(=O)NS(=O)(=O)C6CC6)C[C@@H]5/C=C\CCCCC[C@H](NC(=O)c5ccoc5)C(=O)N4C3)n2)cc1. The van der Waals surface area contributed by atoms with Crippen LogP contribution in [0.2, 0.25) is 0 Å². The fraction of sp³-hybridized carbons (Fsp3) is 0.500. The predicted molar refractivity (Wildman–Crippen MR) is 180 cm³/mol. The van der Waals surface area contributed by atoms with Crippen LogP contribution in [0.1, 0.15) is 74.2 Å². The summed E-state index contributed by atoms with van der Waals surface area (Å²) in [6.45, 7) is 0.0198. The zero-order chi connectivity index (χ0) is 35.8. The number of nitrogens with one attached hydrogen (secondary N) is 3. The predicted octanol–water partition coefficient (Wildman–Crippen LogP) is 1.89. The van der Waals surface area contributed by atoms with Gasteiger partial charge in [0.05, 0.1) is 30.2 Å². The molecular weight excluding hydrogens is 680 g/mol. The summed E-state index contributed by atoms with van der Waals surface area (Å²) in [6, 6.07) is 5.98. The van der Waals surface area contributed by atoms with E-state index in [9.17, 15) is 27.6 Å². The smallest absolute Gasteiger partial charge is 0.259 e. The summed E-state index contributed by atoms with van der Waals surface area (Å²) in [5.74, 6) is -1.80. The third-order valence-corrected chi connectivity index (χ3v) is 11.9. The molecule has 1 aromatic carbocycles. The van der Waals surface area contributed by atoms with E-state index >= 15 is 0 Å². The van der Waals surface area contributed by atoms with Crippen molar-refractivity contribution in [3.8, 4) is 17.1 Å². The number of hydrogen-bond acceptors (Lipinski definition) is 11. The molecule has 1 saturated heterocycles. The molecule has 2 saturated carbocycles. The molecule has 4 aliphatic rings. The molecule has 17 heteroatoms. The van der Waals surface area contributed by atoms with Crippen molar-refractivity contribution in [3.63, 3.8) is 0 Å². The number of aromatic nitrogens is 4. The second-order valence-corrected chi connectivity index (χ2v) is 15.6. The number of nitrogens with zero attached hydrogens (tertiary/aromatic N) is 5. The van der Waals surface area contributed by atoms with Gasteiger partial charge in [0.15, 0.2) is 0 Å². The molecule has 51 heavy (non-hydrogen) atoms. The second-order valence-electron chi connectivity index (χ2n) is 13.6. The fourth-order valence-corrected chi connectivity index (χ4v) is 8.18. The third-order valence-electron chi connectivity index (χ3n) is 10.1. The standard InChI is InChI=1S/C34H40N8O8S/c1-49-25-11-9-21(10-12-25)29-37-40-42(38-29)24-17-28-31(44)36-34(33(46)39-51(47,48)26-13-14-26)18-23(34)7-5-3-2-4-6-8-27(32(45)41(28)19-24)35-30(43)22-15-16-50-20-22/h5,7,9-12,15-16,20,23-24,26-28H,2-4,6,8,13-14,17-19H2,1H3,(H,35,43)(H,36,44)(H,39,46)/b7-5-/t23-,24+,27-,28-,34+/m0/s1. The Morgan fingerprint density at radius 2 is 1.88 bits per heavy atom. The van der Waals surface area contributed by atoms with Gasteiger partial charge in [-0.1, -0.05) is 25.0 Å². The van der Waals surface area contributed by atoms with Gasteiger partial charge in [-0.25, -0.2) is 8.42 Å². The van der Waals surface area contributed by atoms with Crippen LogP contribution in [0.25, 0.3) is 11.4 Å². The van der Waals surface area contributed by atoms with Crippen LogP contribution in [0.4, 0.5) is 0 Å². The van der Waals surface area contributed by atoms with Gasteiger partial charge in [0.25, 0.3) is 11.8 Å². The normalized spacial score (nSPS) is 27.6. The van der Waals surface area contributed by atoms with Crippen molar-refractivity contribution in [3.05, 3.63) is 60.6 Å². The van der Waals surface area contributed by atoms with Crippen LogP contribution in [0, 0.1) is 5.92 Å². The molecule has 5 atom stereocenters. The van der Waals surface area contributed by atoms with E-state index in [-0.39, 0.29) is 24.9 Å². The van der Waals surface area contributed by atoms with E-state index in [2.05, 4.69) is 30.8 Å². The van der Waals surface area contributed by atoms with Crippen LogP contribution in [0.5, 0.6) is 5.75 Å². The Kier molecular flexibility index (Phi) is 9.39. The number of fused-ring (bicyclic) bond motifs is 2. The number of tetrazole rings is 1. The summed E-state index contributed by atoms with van der Waals surface area (Å²) in [7, 11) is -2.32. The summed E-state index contributed by atoms with van der Waals surface area (Å²) >= 11 is 0. The van der Waals surface area contributed by atoms with Crippen molar-refractivity contribution in [2.45, 2.75) is 86.7 Å². The lowest BCUT2D eigenvalue weighted by molar-refractivity contribution is -0.141. The van der Waals surface area contributed by atoms with Crippen LogP contribution in [0.3, 0.4) is 0 Å². The highest BCUT2D eigenvalue weighted by atomic mass is 32.2. The highest BCUT2D eigenvalue weighted by Crippen LogP contribution is 2.46. The fourth-order valence-electron chi connectivity index (χ4n) is 6.82. The first-order valence-electron chi connectivity index (χ1n) is 17.2. The number of methoxy groups -OCH3 is 1. The average Bonchev–Trinajstić information content (AvgIpc) is 3.84. The molecule has 0 spiro atoms. The van der Waals surface area contributed by atoms with Crippen molar-refractivity contribution >= 4 is 33.7 Å². The molecule has 3 N–H and O–H groups in total. The Hall–Kier alpha value is -5.06. The van der Waals surface area contributed by atoms with Crippen molar-refractivity contribution < 1.29 is 36.7 Å². The molecule has 2 aliphatic carbocycles. The molecule has 16 nitrogen and oxygen atoms in total. The number of amides is 4. The van der Waals surface area contributed by atoms with Crippen molar-refractivity contribution in [1.29, 1.82) is 0 Å². The topological polar surface area (TPSA) is 208 Å². The summed E-state index contributed by atoms with van der Waals surface area (Å²) in [6.07, 6.45) is 10.9. The maximum absolute atomic E-state index is 14.4. The summed E-state index contributed by atoms with van der Waals surface area (Å²) < 4.78 is 38.1. The van der Waals surface area contributed by atoms with Crippen LogP contribution >= 0.6 is 0 Å². The van der Waals surface area contributed by atoms with E-state index in [0.717, 1.165) is 12.8 Å². The number of rotatable bonds is 8. The van der Waals surface area contributed by atoms with Gasteiger partial charge in [-0.15, -0.1) is 10.2 Å². The average molecular weight is 721 g/mol. The van der Waals surface area contributed by atoms with Crippen molar-refractivity contribution in [2.24, 2.45) is 5.92 Å². The van der Waals surface area contributed by atoms with Gasteiger partial charge in [-0.05, 0) is 74.1 Å². The maximum atomic E-state index is 14.4. The monoisotopic (exact) mass is 720 g/mol. The van der Waals surface area contributed by atoms with Gasteiger partial charge in [0.2, 0.25) is 27.7 Å². The largest absolute Gasteiger partial charge is 0.497 e. The molecule has 270 valence electrons. The van der Waals surface area contributed by atoms with Crippen molar-refractivity contribution in [2.75, 3.05) is 13.7 Å². The van der Waals surface area contributed by atoms with Gasteiger partial charge in [-0.3, -0.25) is 23.9 Å². The minimum atomic E-state index is -3.88. The second kappa shape index (κ2) is 13.9. The molecular formula is C34H40N8O8S. The van der Waals surface area contributed by atoms with E-state index in [4.69, 9.17) is 9.15 Å². The number of benzene rings is 1. The third kappa shape index (κ3) is 7.25. The number of ether oxygens (including phenoxy) is 1. The Balaban J connectivity index is 1.19. The summed E-state index contributed by atoms with van der Waals surface area (Å²) in [4.78, 5) is 58.2. The van der Waals surface area contributed by atoms with Gasteiger partial charge >= 0.3 is 0 Å². The van der Waals surface area contributed by atoms with E-state index in [0.29, 0.717) is 49.2 Å². The number of sulfonamides is 1. The molecule has 7 rings (SSSR count). The van der Waals surface area contributed by atoms with Crippen LogP contribution in [-0.4, -0.2) is 93.7 Å². The van der Waals surface area contributed by atoms with Gasteiger partial charge < -0.3 is 24.7 Å². The lowest BCUT2D eigenvalue weighted by Gasteiger charge is -2.30. The number of allylic oxidation sites excluding steroid dienone is 1.